The summed E-state index contributed by atoms with van der Waals surface area (Å²) in [6.07, 6.45) is 1.60. The lowest BCUT2D eigenvalue weighted by molar-refractivity contribution is -0.139. The zero-order valence-electron chi connectivity index (χ0n) is 12.2. The van der Waals surface area contributed by atoms with Crippen LogP contribution in [0, 0.1) is 0 Å². The van der Waals surface area contributed by atoms with Crippen molar-refractivity contribution in [2.75, 3.05) is 20.2 Å². The minimum atomic E-state index is -0.810. The lowest BCUT2D eigenvalue weighted by atomic mass is 9.85. The van der Waals surface area contributed by atoms with Crippen LogP contribution in [0.15, 0.2) is 11.4 Å². The molecule has 0 atom stereocenters. The molecular weight excluding hydrogens is 292 g/mol. The molecule has 1 aromatic heterocycles. The van der Waals surface area contributed by atoms with Crippen LogP contribution >= 0.6 is 11.3 Å². The van der Waals surface area contributed by atoms with Gasteiger partial charge in [-0.25, -0.2) is 0 Å². The minimum Gasteiger partial charge on any atom is -0.496 e. The second kappa shape index (κ2) is 6.91. The van der Waals surface area contributed by atoms with Gasteiger partial charge in [-0.2, -0.15) is 0 Å². The zero-order chi connectivity index (χ0) is 15.4. The highest BCUT2D eigenvalue weighted by molar-refractivity contribution is 7.12. The molecule has 1 heterocycles. The molecule has 0 radical (unpaired) electrons. The number of nitrogens with one attached hydrogen (secondary N) is 1. The number of carboxylic acid groups (broad SMARTS) is 1. The summed E-state index contributed by atoms with van der Waals surface area (Å²) in [5, 5.41) is 13.6. The molecule has 1 aromatic rings. The summed E-state index contributed by atoms with van der Waals surface area (Å²) in [7, 11) is 1.57. The van der Waals surface area contributed by atoms with E-state index in [4.69, 9.17) is 9.84 Å². The molecule has 2 rings (SSSR count). The molecule has 1 saturated carbocycles. The number of nitrogens with zero attached hydrogens (tertiary/aromatic N) is 1. The SMILES string of the molecule is CCN(CC(=O)O)C1CC(NC(=O)c2cc(OC)cs2)C1. The van der Waals surface area contributed by atoms with Crippen LogP contribution in [-0.2, 0) is 4.79 Å². The molecule has 21 heavy (non-hydrogen) atoms. The van der Waals surface area contributed by atoms with Gasteiger partial charge in [0.15, 0.2) is 0 Å². The number of carbonyl (C=O) groups excluding carboxylic acids is 1. The van der Waals surface area contributed by atoms with Crippen LogP contribution in [0.4, 0.5) is 0 Å². The second-order valence-electron chi connectivity index (χ2n) is 5.10. The Kier molecular flexibility index (Phi) is 5.19. The molecule has 1 fully saturated rings. The molecule has 6 nitrogen and oxygen atoms in total. The highest BCUT2D eigenvalue weighted by atomic mass is 32.1. The van der Waals surface area contributed by atoms with Gasteiger partial charge in [-0.05, 0) is 19.4 Å². The van der Waals surface area contributed by atoms with Gasteiger partial charge < -0.3 is 15.2 Å². The first-order chi connectivity index (χ1) is 10.0. The third kappa shape index (κ3) is 3.95. The van der Waals surface area contributed by atoms with Crippen molar-refractivity contribution in [1.29, 1.82) is 0 Å². The van der Waals surface area contributed by atoms with E-state index in [1.165, 1.54) is 11.3 Å². The molecule has 1 aliphatic carbocycles. The van der Waals surface area contributed by atoms with Gasteiger partial charge >= 0.3 is 5.97 Å². The summed E-state index contributed by atoms with van der Waals surface area (Å²) < 4.78 is 5.06. The molecular formula is C14H20N2O4S. The molecule has 0 aromatic carbocycles. The van der Waals surface area contributed by atoms with Gasteiger partial charge in [-0.3, -0.25) is 14.5 Å². The molecule has 0 spiro atoms. The maximum absolute atomic E-state index is 12.0. The van der Waals surface area contributed by atoms with Crippen molar-refractivity contribution in [3.8, 4) is 5.75 Å². The molecule has 0 aliphatic heterocycles. The second-order valence-corrected chi connectivity index (χ2v) is 6.01. The first-order valence-corrected chi connectivity index (χ1v) is 7.80. The lowest BCUT2D eigenvalue weighted by Gasteiger charge is -2.42. The number of ether oxygens (including phenoxy) is 1. The third-order valence-corrected chi connectivity index (χ3v) is 4.65. The first-order valence-electron chi connectivity index (χ1n) is 6.92. The summed E-state index contributed by atoms with van der Waals surface area (Å²) in [5.74, 6) is -0.210. The van der Waals surface area contributed by atoms with E-state index in [9.17, 15) is 9.59 Å². The number of aliphatic carboxylic acids is 1. The van der Waals surface area contributed by atoms with E-state index >= 15 is 0 Å². The Morgan fingerprint density at radius 3 is 2.76 bits per heavy atom. The fraction of sp³-hybridized carbons (Fsp3) is 0.571. The van der Waals surface area contributed by atoms with Gasteiger partial charge in [0.1, 0.15) is 5.75 Å². The van der Waals surface area contributed by atoms with Crippen LogP contribution in [0.1, 0.15) is 29.4 Å². The number of likely N-dealkylation sites (N-methyl/N-ethyl adjacent to an activating group) is 1. The van der Waals surface area contributed by atoms with Crippen molar-refractivity contribution in [2.45, 2.75) is 31.8 Å². The Morgan fingerprint density at radius 1 is 1.52 bits per heavy atom. The number of thiophene rings is 1. The number of methoxy groups -OCH3 is 1. The molecule has 1 aliphatic rings. The Labute approximate surface area is 127 Å². The lowest BCUT2D eigenvalue weighted by Crippen LogP contribution is -2.54. The molecule has 0 bridgehead atoms. The summed E-state index contributed by atoms with van der Waals surface area (Å²) in [6, 6.07) is 2.09. The molecule has 0 saturated heterocycles. The summed E-state index contributed by atoms with van der Waals surface area (Å²) in [6.45, 7) is 2.72. The van der Waals surface area contributed by atoms with Gasteiger partial charge in [0, 0.05) is 23.5 Å². The Morgan fingerprint density at radius 2 is 2.24 bits per heavy atom. The average Bonchev–Trinajstić information content (AvgIpc) is 2.88. The number of carbonyl (C=O) groups is 2. The van der Waals surface area contributed by atoms with Gasteiger partial charge in [-0.15, -0.1) is 11.3 Å². The van der Waals surface area contributed by atoms with Crippen LogP contribution in [0.25, 0.3) is 0 Å². The standard InChI is InChI=1S/C14H20N2O4S/c1-3-16(7-13(17)18)10-4-9(5-10)15-14(19)12-6-11(20-2)8-21-12/h6,8-10H,3-5,7H2,1-2H3,(H,15,19)(H,17,18). The van der Waals surface area contributed by atoms with E-state index in [1.54, 1.807) is 18.6 Å². The summed E-state index contributed by atoms with van der Waals surface area (Å²) >= 11 is 1.35. The van der Waals surface area contributed by atoms with Gasteiger partial charge in [0.25, 0.3) is 5.91 Å². The smallest absolute Gasteiger partial charge is 0.317 e. The molecule has 0 unspecified atom stereocenters. The molecule has 116 valence electrons. The maximum atomic E-state index is 12.0. The Hall–Kier alpha value is -1.60. The van der Waals surface area contributed by atoms with E-state index in [2.05, 4.69) is 5.32 Å². The number of amides is 1. The number of rotatable bonds is 7. The quantitative estimate of drug-likeness (QED) is 0.796. The van der Waals surface area contributed by atoms with Gasteiger partial charge in [0.2, 0.25) is 0 Å². The third-order valence-electron chi connectivity index (χ3n) is 3.74. The van der Waals surface area contributed by atoms with Crippen LogP contribution in [0.3, 0.4) is 0 Å². The average molecular weight is 312 g/mol. The van der Waals surface area contributed by atoms with Crippen LogP contribution < -0.4 is 10.1 Å². The highest BCUT2D eigenvalue weighted by Gasteiger charge is 2.34. The maximum Gasteiger partial charge on any atom is 0.317 e. The van der Waals surface area contributed by atoms with Crippen molar-refractivity contribution in [1.82, 2.24) is 10.2 Å². The van der Waals surface area contributed by atoms with E-state index < -0.39 is 5.97 Å². The van der Waals surface area contributed by atoms with Crippen LogP contribution in [0.5, 0.6) is 5.75 Å². The van der Waals surface area contributed by atoms with Crippen molar-refractivity contribution < 1.29 is 19.4 Å². The van der Waals surface area contributed by atoms with Crippen LogP contribution in [-0.4, -0.2) is 54.2 Å². The Balaban J connectivity index is 1.79. The van der Waals surface area contributed by atoms with Crippen molar-refractivity contribution in [3.63, 3.8) is 0 Å². The minimum absolute atomic E-state index is 0.0595. The van der Waals surface area contributed by atoms with E-state index in [-0.39, 0.29) is 24.5 Å². The van der Waals surface area contributed by atoms with E-state index in [0.717, 1.165) is 12.8 Å². The highest BCUT2D eigenvalue weighted by Crippen LogP contribution is 2.27. The molecule has 2 N–H and O–H groups in total. The predicted molar refractivity (Wildman–Crippen MR) is 80.0 cm³/mol. The van der Waals surface area contributed by atoms with Gasteiger partial charge in [0.05, 0.1) is 18.5 Å². The number of hydrogen-bond donors (Lipinski definition) is 2. The first kappa shape index (κ1) is 15.8. The van der Waals surface area contributed by atoms with Crippen LogP contribution in [0.2, 0.25) is 0 Å². The zero-order valence-corrected chi connectivity index (χ0v) is 13.0. The normalized spacial score (nSPS) is 20.9. The van der Waals surface area contributed by atoms with E-state index in [0.29, 0.717) is 17.2 Å². The molecule has 1 amide bonds. The largest absolute Gasteiger partial charge is 0.496 e. The van der Waals surface area contributed by atoms with Crippen molar-refractivity contribution >= 4 is 23.2 Å². The van der Waals surface area contributed by atoms with Crippen molar-refractivity contribution in [2.24, 2.45) is 0 Å². The van der Waals surface area contributed by atoms with E-state index in [1.807, 2.05) is 11.8 Å². The fourth-order valence-corrected chi connectivity index (χ4v) is 3.24. The topological polar surface area (TPSA) is 78.9 Å². The predicted octanol–water partition coefficient (Wildman–Crippen LogP) is 1.42. The number of hydrogen-bond acceptors (Lipinski definition) is 5. The Bertz CT molecular complexity index is 511. The summed E-state index contributed by atoms with van der Waals surface area (Å²) in [5.41, 5.74) is 0. The number of carboxylic acids is 1. The monoisotopic (exact) mass is 312 g/mol. The fourth-order valence-electron chi connectivity index (χ4n) is 2.48. The van der Waals surface area contributed by atoms with Crippen molar-refractivity contribution in [3.05, 3.63) is 16.3 Å². The molecule has 7 heteroatoms. The summed E-state index contributed by atoms with van der Waals surface area (Å²) in [4.78, 5) is 25.4. The van der Waals surface area contributed by atoms with Gasteiger partial charge in [-0.1, -0.05) is 6.92 Å².